The number of hydrazine groups is 1. The molecule has 0 saturated carbocycles. The number of aryl methyl sites for hydroxylation is 1. The summed E-state index contributed by atoms with van der Waals surface area (Å²) in [5.74, 6) is -1.60. The Balaban J connectivity index is 1.76. The number of amides is 1. The van der Waals surface area contributed by atoms with Crippen molar-refractivity contribution >= 4 is 15.9 Å². The quantitative estimate of drug-likeness (QED) is 0.668. The third-order valence-electron chi connectivity index (χ3n) is 3.51. The summed E-state index contributed by atoms with van der Waals surface area (Å²) < 4.78 is 39.4. The maximum Gasteiger partial charge on any atom is 0.266 e. The lowest BCUT2D eigenvalue weighted by Gasteiger charge is -2.10. The van der Waals surface area contributed by atoms with Gasteiger partial charge in [0.2, 0.25) is 0 Å². The Labute approximate surface area is 149 Å². The molecule has 0 aliphatic rings. The van der Waals surface area contributed by atoms with Gasteiger partial charge in [0.25, 0.3) is 15.9 Å². The molecule has 9 heteroatoms. The molecule has 0 aliphatic heterocycles. The standard InChI is InChI=1S/C17H15FN4O3S/c1-12-10-19-22(11-12)14-6-4-5-13(9-14)17(23)20-21-26(24,25)16-8-3-2-7-15(16)18/h2-11,21H,1H3,(H,20,23). The van der Waals surface area contributed by atoms with Crippen LogP contribution in [0.4, 0.5) is 4.39 Å². The molecule has 0 spiro atoms. The number of halogens is 1. The Bertz CT molecular complexity index is 1060. The van der Waals surface area contributed by atoms with Crippen LogP contribution in [-0.4, -0.2) is 24.1 Å². The molecule has 2 N–H and O–H groups in total. The molecule has 1 heterocycles. The predicted octanol–water partition coefficient (Wildman–Crippen LogP) is 1.94. The molecule has 1 amide bonds. The summed E-state index contributed by atoms with van der Waals surface area (Å²) >= 11 is 0. The van der Waals surface area contributed by atoms with Crippen molar-refractivity contribution in [1.29, 1.82) is 0 Å². The summed E-state index contributed by atoms with van der Waals surface area (Å²) in [6, 6.07) is 11.4. The summed E-state index contributed by atoms with van der Waals surface area (Å²) in [5, 5.41) is 4.15. The second-order valence-corrected chi connectivity index (χ2v) is 7.15. The fourth-order valence-electron chi connectivity index (χ4n) is 2.25. The van der Waals surface area contributed by atoms with Gasteiger partial charge in [0.05, 0.1) is 11.9 Å². The van der Waals surface area contributed by atoms with E-state index in [0.717, 1.165) is 17.7 Å². The topological polar surface area (TPSA) is 93.1 Å². The zero-order chi connectivity index (χ0) is 18.7. The van der Waals surface area contributed by atoms with Crippen molar-refractivity contribution in [3.05, 3.63) is 77.9 Å². The van der Waals surface area contributed by atoms with E-state index >= 15 is 0 Å². The van der Waals surface area contributed by atoms with Crippen molar-refractivity contribution in [2.75, 3.05) is 0 Å². The summed E-state index contributed by atoms with van der Waals surface area (Å²) in [5.41, 5.74) is 3.89. The fraction of sp³-hybridized carbons (Fsp3) is 0.0588. The molecule has 7 nitrogen and oxygen atoms in total. The normalized spacial score (nSPS) is 11.3. The summed E-state index contributed by atoms with van der Waals surface area (Å²) in [6.07, 6.45) is 3.47. The van der Waals surface area contributed by atoms with Gasteiger partial charge < -0.3 is 0 Å². The predicted molar refractivity (Wildman–Crippen MR) is 92.5 cm³/mol. The molecular weight excluding hydrogens is 359 g/mol. The Morgan fingerprint density at radius 3 is 2.62 bits per heavy atom. The van der Waals surface area contributed by atoms with Crippen LogP contribution in [0.15, 0.2) is 65.8 Å². The molecule has 3 rings (SSSR count). The van der Waals surface area contributed by atoms with Crippen molar-refractivity contribution in [3.8, 4) is 5.69 Å². The lowest BCUT2D eigenvalue weighted by molar-refractivity contribution is 0.0945. The van der Waals surface area contributed by atoms with Gasteiger partial charge in [-0.2, -0.15) is 5.10 Å². The highest BCUT2D eigenvalue weighted by Gasteiger charge is 2.19. The minimum Gasteiger partial charge on any atom is -0.273 e. The van der Waals surface area contributed by atoms with Gasteiger partial charge in [-0.05, 0) is 42.8 Å². The number of carbonyl (C=O) groups excluding carboxylic acids is 1. The molecule has 0 saturated heterocycles. The van der Waals surface area contributed by atoms with Gasteiger partial charge in [0.1, 0.15) is 10.7 Å². The number of rotatable bonds is 5. The molecule has 0 bridgehead atoms. The van der Waals surface area contributed by atoms with Crippen molar-refractivity contribution in [3.63, 3.8) is 0 Å². The minimum atomic E-state index is -4.23. The Hall–Kier alpha value is -3.04. The van der Waals surface area contributed by atoms with Gasteiger partial charge in [0.15, 0.2) is 0 Å². The molecular formula is C17H15FN4O3S. The van der Waals surface area contributed by atoms with Crippen molar-refractivity contribution in [2.45, 2.75) is 11.8 Å². The maximum atomic E-state index is 13.6. The molecule has 26 heavy (non-hydrogen) atoms. The van der Waals surface area contributed by atoms with E-state index in [1.54, 1.807) is 35.3 Å². The molecule has 2 aromatic carbocycles. The number of aromatic nitrogens is 2. The molecule has 0 fully saturated rings. The minimum absolute atomic E-state index is 0.215. The van der Waals surface area contributed by atoms with Crippen LogP contribution < -0.4 is 10.3 Å². The largest absolute Gasteiger partial charge is 0.273 e. The van der Waals surface area contributed by atoms with Crippen molar-refractivity contribution < 1.29 is 17.6 Å². The highest BCUT2D eigenvalue weighted by Crippen LogP contribution is 2.13. The number of hydrogen-bond donors (Lipinski definition) is 2. The molecule has 0 radical (unpaired) electrons. The van der Waals surface area contributed by atoms with Crippen LogP contribution >= 0.6 is 0 Å². The van der Waals surface area contributed by atoms with Crippen molar-refractivity contribution in [2.24, 2.45) is 0 Å². The van der Waals surface area contributed by atoms with Gasteiger partial charge in [-0.15, -0.1) is 4.83 Å². The van der Waals surface area contributed by atoms with Crippen LogP contribution in [0, 0.1) is 12.7 Å². The summed E-state index contributed by atoms with van der Waals surface area (Å²) in [7, 11) is -4.23. The Morgan fingerprint density at radius 1 is 1.15 bits per heavy atom. The van der Waals surface area contributed by atoms with Crippen LogP contribution in [0.5, 0.6) is 0 Å². The number of benzene rings is 2. The zero-order valence-electron chi connectivity index (χ0n) is 13.7. The van der Waals surface area contributed by atoms with E-state index in [1.807, 2.05) is 11.8 Å². The van der Waals surface area contributed by atoms with Gasteiger partial charge in [-0.25, -0.2) is 17.5 Å². The average molecular weight is 374 g/mol. The summed E-state index contributed by atoms with van der Waals surface area (Å²) in [4.78, 5) is 13.6. The molecule has 0 unspecified atom stereocenters. The van der Waals surface area contributed by atoms with E-state index in [-0.39, 0.29) is 5.56 Å². The Morgan fingerprint density at radius 2 is 1.92 bits per heavy atom. The average Bonchev–Trinajstić information content (AvgIpc) is 3.06. The number of nitrogens with zero attached hydrogens (tertiary/aromatic N) is 2. The maximum absolute atomic E-state index is 13.6. The Kier molecular flexibility index (Phi) is 4.83. The second-order valence-electron chi connectivity index (χ2n) is 5.50. The first kappa shape index (κ1) is 17.8. The second kappa shape index (κ2) is 7.06. The monoisotopic (exact) mass is 374 g/mol. The molecule has 134 valence electrons. The first-order valence-corrected chi connectivity index (χ1v) is 9.03. The van der Waals surface area contributed by atoms with Gasteiger partial charge >= 0.3 is 0 Å². The molecule has 1 aromatic heterocycles. The van der Waals surface area contributed by atoms with Crippen LogP contribution in [0.1, 0.15) is 15.9 Å². The molecule has 3 aromatic rings. The summed E-state index contributed by atoms with van der Waals surface area (Å²) in [6.45, 7) is 1.89. The van der Waals surface area contributed by atoms with E-state index in [9.17, 15) is 17.6 Å². The first-order valence-electron chi connectivity index (χ1n) is 7.55. The van der Waals surface area contributed by atoms with E-state index in [2.05, 4.69) is 10.5 Å². The highest BCUT2D eigenvalue weighted by atomic mass is 32.2. The third-order valence-corrected chi connectivity index (χ3v) is 4.79. The lowest BCUT2D eigenvalue weighted by Crippen LogP contribution is -2.41. The van der Waals surface area contributed by atoms with Crippen LogP contribution in [0.25, 0.3) is 5.69 Å². The number of nitrogens with one attached hydrogen (secondary N) is 2. The van der Waals surface area contributed by atoms with E-state index in [4.69, 9.17) is 0 Å². The van der Waals surface area contributed by atoms with Crippen LogP contribution in [0.3, 0.4) is 0 Å². The first-order chi connectivity index (χ1) is 12.4. The molecule has 0 aliphatic carbocycles. The van der Waals surface area contributed by atoms with E-state index in [0.29, 0.717) is 5.69 Å². The van der Waals surface area contributed by atoms with E-state index in [1.165, 1.54) is 18.2 Å². The number of carbonyl (C=O) groups is 1. The van der Waals surface area contributed by atoms with E-state index < -0.39 is 26.6 Å². The third kappa shape index (κ3) is 3.79. The highest BCUT2D eigenvalue weighted by molar-refractivity contribution is 7.89. The van der Waals surface area contributed by atoms with Crippen LogP contribution in [0.2, 0.25) is 0 Å². The zero-order valence-corrected chi connectivity index (χ0v) is 14.5. The fourth-order valence-corrected chi connectivity index (χ4v) is 3.17. The van der Waals surface area contributed by atoms with Crippen LogP contribution in [-0.2, 0) is 10.0 Å². The molecule has 0 atom stereocenters. The number of sulfonamides is 1. The van der Waals surface area contributed by atoms with Gasteiger partial charge in [-0.3, -0.25) is 10.2 Å². The number of hydrogen-bond acceptors (Lipinski definition) is 4. The van der Waals surface area contributed by atoms with Crippen molar-refractivity contribution in [1.82, 2.24) is 20.0 Å². The smallest absolute Gasteiger partial charge is 0.266 e. The van der Waals surface area contributed by atoms with Gasteiger partial charge in [-0.1, -0.05) is 18.2 Å². The SMILES string of the molecule is Cc1cnn(-c2cccc(C(=O)NNS(=O)(=O)c3ccccc3F)c2)c1. The van der Waals surface area contributed by atoms with Gasteiger partial charge in [0, 0.05) is 11.8 Å². The lowest BCUT2D eigenvalue weighted by atomic mass is 10.2.